The molecule has 3 heterocycles. The number of carbonyl (C=O) groups excluding carboxylic acids is 1. The monoisotopic (exact) mass is 357 g/mol. The SMILES string of the molecule is CCc1cnc(NC(=O)N2CCN(c3nc4ccccc4o3)CC2)s1. The quantitative estimate of drug-likeness (QED) is 0.779. The predicted octanol–water partition coefficient (Wildman–Crippen LogP) is 3.20. The molecule has 2 amide bonds. The summed E-state index contributed by atoms with van der Waals surface area (Å²) >= 11 is 1.52. The fourth-order valence-electron chi connectivity index (χ4n) is 2.80. The Balaban J connectivity index is 1.36. The molecule has 25 heavy (non-hydrogen) atoms. The minimum absolute atomic E-state index is 0.103. The van der Waals surface area contributed by atoms with E-state index in [2.05, 4.69) is 27.1 Å². The van der Waals surface area contributed by atoms with Gasteiger partial charge in [-0.15, -0.1) is 11.3 Å². The van der Waals surface area contributed by atoms with Gasteiger partial charge in [0.05, 0.1) is 0 Å². The van der Waals surface area contributed by atoms with Crippen molar-refractivity contribution in [1.29, 1.82) is 0 Å². The zero-order valence-electron chi connectivity index (χ0n) is 13.9. The zero-order chi connectivity index (χ0) is 17.2. The second kappa shape index (κ2) is 6.72. The lowest BCUT2D eigenvalue weighted by atomic mass is 10.3. The molecule has 130 valence electrons. The minimum atomic E-state index is -0.103. The Labute approximate surface area is 149 Å². The lowest BCUT2D eigenvalue weighted by Gasteiger charge is -2.33. The second-order valence-corrected chi connectivity index (χ2v) is 6.97. The van der Waals surface area contributed by atoms with Gasteiger partial charge in [-0.2, -0.15) is 4.98 Å². The number of benzene rings is 1. The predicted molar refractivity (Wildman–Crippen MR) is 98.3 cm³/mol. The van der Waals surface area contributed by atoms with Crippen molar-refractivity contribution in [3.8, 4) is 0 Å². The maximum Gasteiger partial charge on any atom is 0.323 e. The van der Waals surface area contributed by atoms with Gasteiger partial charge >= 0.3 is 6.03 Å². The van der Waals surface area contributed by atoms with Crippen LogP contribution in [0.5, 0.6) is 0 Å². The molecule has 0 bridgehead atoms. The topological polar surface area (TPSA) is 74.5 Å². The molecule has 0 unspecified atom stereocenters. The summed E-state index contributed by atoms with van der Waals surface area (Å²) in [7, 11) is 0. The molecule has 1 N–H and O–H groups in total. The van der Waals surface area contributed by atoms with E-state index in [4.69, 9.17) is 4.42 Å². The Morgan fingerprint density at radius 1 is 1.28 bits per heavy atom. The molecule has 4 rings (SSSR count). The number of hydrogen-bond acceptors (Lipinski definition) is 6. The molecule has 1 aliphatic rings. The molecule has 0 aliphatic carbocycles. The first-order valence-corrected chi connectivity index (χ1v) is 9.15. The molecule has 8 heteroatoms. The van der Waals surface area contributed by atoms with Crippen molar-refractivity contribution in [2.75, 3.05) is 36.4 Å². The number of piperazine rings is 1. The largest absolute Gasteiger partial charge is 0.423 e. The van der Waals surface area contributed by atoms with Gasteiger partial charge in [-0.05, 0) is 18.6 Å². The van der Waals surface area contributed by atoms with Crippen molar-refractivity contribution in [2.24, 2.45) is 0 Å². The number of thiazole rings is 1. The van der Waals surface area contributed by atoms with Crippen molar-refractivity contribution in [2.45, 2.75) is 13.3 Å². The van der Waals surface area contributed by atoms with Crippen LogP contribution in [0.25, 0.3) is 11.1 Å². The number of urea groups is 1. The van der Waals surface area contributed by atoms with Crippen LogP contribution in [0.4, 0.5) is 15.9 Å². The Kier molecular flexibility index (Phi) is 4.27. The molecule has 0 saturated carbocycles. The summed E-state index contributed by atoms with van der Waals surface area (Å²) in [5.41, 5.74) is 1.64. The number of aryl methyl sites for hydroxylation is 1. The molecular weight excluding hydrogens is 338 g/mol. The van der Waals surface area contributed by atoms with Gasteiger partial charge in [0.1, 0.15) is 5.52 Å². The molecule has 1 aliphatic heterocycles. The first-order chi connectivity index (χ1) is 12.2. The van der Waals surface area contributed by atoms with Crippen LogP contribution in [0.1, 0.15) is 11.8 Å². The van der Waals surface area contributed by atoms with Gasteiger partial charge in [-0.25, -0.2) is 9.78 Å². The number of carbonyl (C=O) groups is 1. The molecule has 1 fully saturated rings. The number of rotatable bonds is 3. The maximum absolute atomic E-state index is 12.4. The van der Waals surface area contributed by atoms with E-state index in [1.807, 2.05) is 30.5 Å². The molecule has 0 atom stereocenters. The van der Waals surface area contributed by atoms with Crippen LogP contribution in [-0.4, -0.2) is 47.1 Å². The number of nitrogens with zero attached hydrogens (tertiary/aromatic N) is 4. The maximum atomic E-state index is 12.4. The van der Waals surface area contributed by atoms with Gasteiger partial charge in [0.15, 0.2) is 10.7 Å². The molecule has 3 aromatic rings. The Morgan fingerprint density at radius 3 is 2.80 bits per heavy atom. The van der Waals surface area contributed by atoms with Gasteiger partial charge in [0.2, 0.25) is 0 Å². The highest BCUT2D eigenvalue weighted by molar-refractivity contribution is 7.15. The third-order valence-electron chi connectivity index (χ3n) is 4.24. The molecule has 0 spiro atoms. The van der Waals surface area contributed by atoms with E-state index >= 15 is 0 Å². The van der Waals surface area contributed by atoms with Crippen LogP contribution in [0, 0.1) is 0 Å². The van der Waals surface area contributed by atoms with E-state index in [0.29, 0.717) is 37.3 Å². The number of para-hydroxylation sites is 2. The van der Waals surface area contributed by atoms with Crippen LogP contribution >= 0.6 is 11.3 Å². The zero-order valence-corrected chi connectivity index (χ0v) is 14.8. The smallest absolute Gasteiger partial charge is 0.323 e. The molecule has 7 nitrogen and oxygen atoms in total. The third kappa shape index (κ3) is 3.30. The highest BCUT2D eigenvalue weighted by Gasteiger charge is 2.24. The summed E-state index contributed by atoms with van der Waals surface area (Å²) in [4.78, 5) is 26.2. The average Bonchev–Trinajstić information content (AvgIpc) is 3.28. The van der Waals surface area contributed by atoms with E-state index in [1.54, 1.807) is 4.90 Å². The van der Waals surface area contributed by atoms with E-state index in [0.717, 1.165) is 22.4 Å². The lowest BCUT2D eigenvalue weighted by Crippen LogP contribution is -2.50. The minimum Gasteiger partial charge on any atom is -0.423 e. The molecular formula is C17H19N5O2S. The van der Waals surface area contributed by atoms with Crippen molar-refractivity contribution in [3.05, 3.63) is 35.3 Å². The third-order valence-corrected chi connectivity index (χ3v) is 5.29. The Bertz CT molecular complexity index is 849. The summed E-state index contributed by atoms with van der Waals surface area (Å²) in [5, 5.41) is 3.54. The molecule has 0 radical (unpaired) electrons. The molecule has 2 aromatic heterocycles. The Hall–Kier alpha value is -2.61. The van der Waals surface area contributed by atoms with E-state index in [-0.39, 0.29) is 6.03 Å². The van der Waals surface area contributed by atoms with Gasteiger partial charge in [-0.3, -0.25) is 5.32 Å². The van der Waals surface area contributed by atoms with Crippen molar-refractivity contribution in [1.82, 2.24) is 14.9 Å². The van der Waals surface area contributed by atoms with Crippen LogP contribution < -0.4 is 10.2 Å². The summed E-state index contributed by atoms with van der Waals surface area (Å²) in [6, 6.07) is 8.24. The standard InChI is InChI=1S/C17H19N5O2S/c1-2-12-11-18-15(25-12)20-16(23)21-7-9-22(10-8-21)17-19-13-5-3-4-6-14(13)24-17/h3-6,11H,2,7-10H2,1H3,(H,18,20,23). The average molecular weight is 357 g/mol. The summed E-state index contributed by atoms with van der Waals surface area (Å²) in [6.07, 6.45) is 2.74. The van der Waals surface area contributed by atoms with Gasteiger partial charge in [0.25, 0.3) is 6.01 Å². The number of oxazole rings is 1. The van der Waals surface area contributed by atoms with Gasteiger partial charge in [0, 0.05) is 37.3 Å². The normalized spacial score (nSPS) is 14.9. The van der Waals surface area contributed by atoms with E-state index < -0.39 is 0 Å². The van der Waals surface area contributed by atoms with Crippen molar-refractivity contribution in [3.63, 3.8) is 0 Å². The molecule has 1 saturated heterocycles. The first-order valence-electron chi connectivity index (χ1n) is 8.34. The number of aromatic nitrogens is 2. The van der Waals surface area contributed by atoms with Gasteiger partial charge < -0.3 is 14.2 Å². The number of hydrogen-bond donors (Lipinski definition) is 1. The fourth-order valence-corrected chi connectivity index (χ4v) is 3.54. The van der Waals surface area contributed by atoms with E-state index in [1.165, 1.54) is 11.3 Å². The Morgan fingerprint density at radius 2 is 2.08 bits per heavy atom. The van der Waals surface area contributed by atoms with Crippen LogP contribution in [0.2, 0.25) is 0 Å². The number of nitrogens with one attached hydrogen (secondary N) is 1. The second-order valence-electron chi connectivity index (χ2n) is 5.85. The fraction of sp³-hybridized carbons (Fsp3) is 0.353. The van der Waals surface area contributed by atoms with E-state index in [9.17, 15) is 4.79 Å². The van der Waals surface area contributed by atoms with Crippen molar-refractivity contribution < 1.29 is 9.21 Å². The number of anilines is 2. The highest BCUT2D eigenvalue weighted by atomic mass is 32.1. The van der Waals surface area contributed by atoms with Crippen LogP contribution in [-0.2, 0) is 6.42 Å². The number of fused-ring (bicyclic) bond motifs is 1. The first kappa shape index (κ1) is 15.9. The summed E-state index contributed by atoms with van der Waals surface area (Å²) < 4.78 is 5.80. The molecule has 1 aromatic carbocycles. The number of amides is 2. The van der Waals surface area contributed by atoms with Crippen molar-refractivity contribution >= 4 is 39.6 Å². The lowest BCUT2D eigenvalue weighted by molar-refractivity contribution is 0.207. The summed E-state index contributed by atoms with van der Waals surface area (Å²) in [6.45, 7) is 4.70. The highest BCUT2D eigenvalue weighted by Crippen LogP contribution is 2.23. The summed E-state index contributed by atoms with van der Waals surface area (Å²) in [5.74, 6) is 0. The van der Waals surface area contributed by atoms with Crippen LogP contribution in [0.3, 0.4) is 0 Å². The van der Waals surface area contributed by atoms with Gasteiger partial charge in [-0.1, -0.05) is 19.1 Å². The van der Waals surface area contributed by atoms with Crippen LogP contribution in [0.15, 0.2) is 34.9 Å².